The fourth-order valence-electron chi connectivity index (χ4n) is 2.67. The van der Waals surface area contributed by atoms with Gasteiger partial charge in [-0.05, 0) is 24.3 Å². The van der Waals surface area contributed by atoms with Gasteiger partial charge in [0.15, 0.2) is 0 Å². The molecule has 0 spiro atoms. The Morgan fingerprint density at radius 2 is 2.11 bits per heavy atom. The Balaban J connectivity index is 1.97. The van der Waals surface area contributed by atoms with Crippen LogP contribution in [0.5, 0.6) is 0 Å². The van der Waals surface area contributed by atoms with Crippen LogP contribution in [0.4, 0.5) is 0 Å². The van der Waals surface area contributed by atoms with Crippen LogP contribution in [0.3, 0.4) is 0 Å². The Morgan fingerprint density at radius 1 is 1.42 bits per heavy atom. The van der Waals surface area contributed by atoms with Gasteiger partial charge in [-0.25, -0.2) is 0 Å². The molecular formula is C14H19NO3S. The van der Waals surface area contributed by atoms with E-state index >= 15 is 0 Å². The van der Waals surface area contributed by atoms with Gasteiger partial charge in [0.25, 0.3) is 0 Å². The number of hydrogen-bond donors (Lipinski definition) is 1. The van der Waals surface area contributed by atoms with E-state index in [0.717, 1.165) is 17.7 Å². The molecule has 0 aliphatic heterocycles. The van der Waals surface area contributed by atoms with E-state index < -0.39 is 11.4 Å². The molecule has 5 heteroatoms. The summed E-state index contributed by atoms with van der Waals surface area (Å²) >= 11 is 1.61. The second-order valence-corrected chi connectivity index (χ2v) is 6.33. The van der Waals surface area contributed by atoms with E-state index in [-0.39, 0.29) is 12.3 Å². The van der Waals surface area contributed by atoms with E-state index in [2.05, 4.69) is 0 Å². The average molecular weight is 281 g/mol. The summed E-state index contributed by atoms with van der Waals surface area (Å²) < 4.78 is 0. The molecule has 2 rings (SSSR count). The molecule has 1 heterocycles. The Morgan fingerprint density at radius 3 is 2.63 bits per heavy atom. The SMILES string of the molecule is CN(Cc1cccs1)C(=O)CC1(C(=O)O)CCCC1. The number of hydrogen-bond acceptors (Lipinski definition) is 3. The summed E-state index contributed by atoms with van der Waals surface area (Å²) in [5.74, 6) is -0.888. The molecule has 1 aromatic rings. The van der Waals surface area contributed by atoms with E-state index in [1.54, 1.807) is 23.3 Å². The van der Waals surface area contributed by atoms with Gasteiger partial charge in [-0.2, -0.15) is 0 Å². The smallest absolute Gasteiger partial charge is 0.310 e. The summed E-state index contributed by atoms with van der Waals surface area (Å²) in [7, 11) is 1.74. The summed E-state index contributed by atoms with van der Waals surface area (Å²) in [5.41, 5.74) is -0.819. The summed E-state index contributed by atoms with van der Waals surface area (Å²) in [6.07, 6.45) is 3.20. The van der Waals surface area contributed by atoms with Crippen LogP contribution in [-0.4, -0.2) is 28.9 Å². The number of carboxylic acids is 1. The van der Waals surface area contributed by atoms with Gasteiger partial charge in [-0.3, -0.25) is 9.59 Å². The second kappa shape index (κ2) is 5.74. The lowest BCUT2D eigenvalue weighted by atomic mass is 9.82. The zero-order chi connectivity index (χ0) is 13.9. The van der Waals surface area contributed by atoms with Crippen molar-refractivity contribution in [2.24, 2.45) is 5.41 Å². The van der Waals surface area contributed by atoms with Gasteiger partial charge in [0.05, 0.1) is 12.0 Å². The zero-order valence-electron chi connectivity index (χ0n) is 11.1. The second-order valence-electron chi connectivity index (χ2n) is 5.30. The van der Waals surface area contributed by atoms with Crippen molar-refractivity contribution in [1.29, 1.82) is 0 Å². The quantitative estimate of drug-likeness (QED) is 0.903. The summed E-state index contributed by atoms with van der Waals surface area (Å²) in [6.45, 7) is 0.562. The lowest BCUT2D eigenvalue weighted by Crippen LogP contribution is -2.36. The van der Waals surface area contributed by atoms with E-state index in [1.165, 1.54) is 0 Å². The molecule has 1 amide bonds. The van der Waals surface area contributed by atoms with Crippen molar-refractivity contribution >= 4 is 23.2 Å². The van der Waals surface area contributed by atoms with Gasteiger partial charge >= 0.3 is 5.97 Å². The molecule has 0 radical (unpaired) electrons. The Labute approximate surface area is 117 Å². The molecule has 1 N–H and O–H groups in total. The van der Waals surface area contributed by atoms with Gasteiger partial charge in [0, 0.05) is 18.3 Å². The Hall–Kier alpha value is -1.36. The van der Waals surface area contributed by atoms with Crippen LogP contribution in [0.1, 0.15) is 37.0 Å². The van der Waals surface area contributed by atoms with E-state index in [4.69, 9.17) is 0 Å². The molecule has 0 unspecified atom stereocenters. The maximum Gasteiger partial charge on any atom is 0.310 e. The monoisotopic (exact) mass is 281 g/mol. The molecular weight excluding hydrogens is 262 g/mol. The van der Waals surface area contributed by atoms with Gasteiger partial charge in [0.1, 0.15) is 0 Å². The summed E-state index contributed by atoms with van der Waals surface area (Å²) in [6, 6.07) is 3.94. The van der Waals surface area contributed by atoms with Crippen molar-refractivity contribution in [3.8, 4) is 0 Å². The van der Waals surface area contributed by atoms with Crippen LogP contribution in [0, 0.1) is 5.41 Å². The van der Waals surface area contributed by atoms with Crippen molar-refractivity contribution in [3.63, 3.8) is 0 Å². The van der Waals surface area contributed by atoms with Gasteiger partial charge < -0.3 is 10.0 Å². The number of amides is 1. The molecule has 0 saturated heterocycles. The third kappa shape index (κ3) is 3.15. The molecule has 104 valence electrons. The number of thiophene rings is 1. The van der Waals surface area contributed by atoms with E-state index in [1.807, 2.05) is 17.5 Å². The predicted octanol–water partition coefficient (Wildman–Crippen LogP) is 2.74. The van der Waals surface area contributed by atoms with Crippen molar-refractivity contribution in [2.45, 2.75) is 38.6 Å². The van der Waals surface area contributed by atoms with Crippen LogP contribution in [0.15, 0.2) is 17.5 Å². The van der Waals surface area contributed by atoms with Crippen LogP contribution >= 0.6 is 11.3 Å². The van der Waals surface area contributed by atoms with Crippen molar-refractivity contribution in [3.05, 3.63) is 22.4 Å². The zero-order valence-corrected chi connectivity index (χ0v) is 11.9. The molecule has 4 nitrogen and oxygen atoms in total. The third-order valence-corrected chi connectivity index (χ3v) is 4.76. The maximum absolute atomic E-state index is 12.2. The molecule has 19 heavy (non-hydrogen) atoms. The fourth-order valence-corrected chi connectivity index (χ4v) is 3.42. The van der Waals surface area contributed by atoms with Gasteiger partial charge in [0.2, 0.25) is 5.91 Å². The van der Waals surface area contributed by atoms with E-state index in [9.17, 15) is 14.7 Å². The number of carbonyl (C=O) groups is 2. The first kappa shape index (κ1) is 14.1. The van der Waals surface area contributed by atoms with Gasteiger partial charge in [-0.15, -0.1) is 11.3 Å². The average Bonchev–Trinajstić information content (AvgIpc) is 3.00. The number of aliphatic carboxylic acids is 1. The normalized spacial score (nSPS) is 17.3. The molecule has 1 aliphatic carbocycles. The third-order valence-electron chi connectivity index (χ3n) is 3.90. The molecule has 1 saturated carbocycles. The minimum absolute atomic E-state index is 0.0716. The molecule has 1 aromatic heterocycles. The number of carbonyl (C=O) groups excluding carboxylic acids is 1. The first-order chi connectivity index (χ1) is 9.03. The highest BCUT2D eigenvalue weighted by molar-refractivity contribution is 7.09. The van der Waals surface area contributed by atoms with E-state index in [0.29, 0.717) is 19.4 Å². The van der Waals surface area contributed by atoms with Crippen molar-refractivity contribution in [1.82, 2.24) is 4.90 Å². The lowest BCUT2D eigenvalue weighted by Gasteiger charge is -2.26. The maximum atomic E-state index is 12.2. The highest BCUT2D eigenvalue weighted by Gasteiger charge is 2.43. The number of nitrogens with zero attached hydrogens (tertiary/aromatic N) is 1. The minimum atomic E-state index is -0.819. The minimum Gasteiger partial charge on any atom is -0.481 e. The molecule has 1 aliphatic rings. The summed E-state index contributed by atoms with van der Waals surface area (Å²) in [4.78, 5) is 26.4. The van der Waals surface area contributed by atoms with Crippen LogP contribution in [-0.2, 0) is 16.1 Å². The number of rotatable bonds is 5. The highest BCUT2D eigenvalue weighted by atomic mass is 32.1. The highest BCUT2D eigenvalue weighted by Crippen LogP contribution is 2.41. The molecule has 0 bridgehead atoms. The van der Waals surface area contributed by atoms with Gasteiger partial charge in [-0.1, -0.05) is 18.9 Å². The van der Waals surface area contributed by atoms with Crippen LogP contribution < -0.4 is 0 Å². The standard InChI is InChI=1S/C14H19NO3S/c1-15(10-11-5-4-8-19-11)12(16)9-14(13(17)18)6-2-3-7-14/h4-5,8H,2-3,6-7,9-10H2,1H3,(H,17,18). The van der Waals surface area contributed by atoms with Crippen LogP contribution in [0.2, 0.25) is 0 Å². The lowest BCUT2D eigenvalue weighted by molar-refractivity contribution is -0.153. The summed E-state index contributed by atoms with van der Waals surface area (Å²) in [5, 5.41) is 11.4. The first-order valence-electron chi connectivity index (χ1n) is 6.53. The predicted molar refractivity (Wildman–Crippen MR) is 73.9 cm³/mol. The molecule has 1 fully saturated rings. The topological polar surface area (TPSA) is 57.6 Å². The van der Waals surface area contributed by atoms with Crippen molar-refractivity contribution in [2.75, 3.05) is 7.05 Å². The molecule has 0 aromatic carbocycles. The van der Waals surface area contributed by atoms with Crippen LogP contribution in [0.25, 0.3) is 0 Å². The Bertz CT molecular complexity index is 449. The molecule has 0 atom stereocenters. The Kier molecular flexibility index (Phi) is 4.24. The fraction of sp³-hybridized carbons (Fsp3) is 0.571. The largest absolute Gasteiger partial charge is 0.481 e. The van der Waals surface area contributed by atoms with Crippen molar-refractivity contribution < 1.29 is 14.7 Å². The number of carboxylic acid groups (broad SMARTS) is 1. The first-order valence-corrected chi connectivity index (χ1v) is 7.41.